The summed E-state index contributed by atoms with van der Waals surface area (Å²) in [6, 6.07) is 6.12. The number of alkyl halides is 3. The molecule has 1 aliphatic heterocycles. The molecule has 0 unspecified atom stereocenters. The van der Waals surface area contributed by atoms with Crippen LogP contribution >= 0.6 is 11.8 Å². The summed E-state index contributed by atoms with van der Waals surface area (Å²) in [5, 5.41) is -0.559. The molecular weight excluding hydrogens is 343 g/mol. The van der Waals surface area contributed by atoms with E-state index in [4.69, 9.17) is 0 Å². The number of para-hydroxylation sites is 1. The summed E-state index contributed by atoms with van der Waals surface area (Å²) < 4.78 is 39.4. The van der Waals surface area contributed by atoms with E-state index in [2.05, 4.69) is 9.97 Å². The minimum atomic E-state index is -4.66. The molecule has 0 aliphatic carbocycles. The molecule has 1 aromatic carbocycles. The van der Waals surface area contributed by atoms with Crippen LogP contribution in [0.25, 0.3) is 0 Å². The highest BCUT2D eigenvalue weighted by molar-refractivity contribution is 8.00. The number of hydrogen-bond acceptors (Lipinski definition) is 5. The van der Waals surface area contributed by atoms with Crippen LogP contribution in [0.1, 0.15) is 12.0 Å². The zero-order chi connectivity index (χ0) is 17.3. The largest absolute Gasteiger partial charge is 0.418 e. The van der Waals surface area contributed by atoms with E-state index in [0.717, 1.165) is 23.9 Å². The van der Waals surface area contributed by atoms with Gasteiger partial charge in [-0.25, -0.2) is 14.9 Å². The zero-order valence-corrected chi connectivity index (χ0v) is 12.8. The molecule has 1 atom stereocenters. The Balaban J connectivity index is 1.91. The van der Waals surface area contributed by atoms with Gasteiger partial charge in [0.25, 0.3) is 0 Å². The number of thioether (sulfide) groups is 1. The van der Waals surface area contributed by atoms with Crippen LogP contribution in [0.5, 0.6) is 0 Å². The lowest BCUT2D eigenvalue weighted by Crippen LogP contribution is -2.33. The van der Waals surface area contributed by atoms with Gasteiger partial charge >= 0.3 is 6.18 Å². The van der Waals surface area contributed by atoms with Gasteiger partial charge in [0.2, 0.25) is 11.8 Å². The summed E-state index contributed by atoms with van der Waals surface area (Å²) in [5.41, 5.74) is -1.47. The van der Waals surface area contributed by atoms with Crippen LogP contribution in [0.4, 0.5) is 18.9 Å². The summed E-state index contributed by atoms with van der Waals surface area (Å²) >= 11 is 0.959. The topological polar surface area (TPSA) is 63.2 Å². The molecule has 24 heavy (non-hydrogen) atoms. The van der Waals surface area contributed by atoms with Crippen molar-refractivity contribution in [2.75, 3.05) is 4.90 Å². The standard InChI is InChI=1S/C15H10F3N3O2S/c16-15(17,18)9-4-1-2-5-10(9)21-12(22)8-11(13(21)23)24-14-19-6-3-7-20-14/h1-7,11H,8H2/t11-/m1/s1. The Morgan fingerprint density at radius 2 is 1.75 bits per heavy atom. The number of hydrogen-bond donors (Lipinski definition) is 0. The number of halogens is 3. The third-order valence-electron chi connectivity index (χ3n) is 3.35. The van der Waals surface area contributed by atoms with Gasteiger partial charge in [-0.2, -0.15) is 13.2 Å². The fourth-order valence-corrected chi connectivity index (χ4v) is 3.26. The first kappa shape index (κ1) is 16.4. The van der Waals surface area contributed by atoms with E-state index >= 15 is 0 Å². The normalized spacial score (nSPS) is 18.3. The van der Waals surface area contributed by atoms with Crippen molar-refractivity contribution in [1.29, 1.82) is 0 Å². The SMILES string of the molecule is O=C1C[C@@H](Sc2ncccn2)C(=O)N1c1ccccc1C(F)(F)F. The molecule has 1 fully saturated rings. The van der Waals surface area contributed by atoms with Crippen molar-refractivity contribution in [3.8, 4) is 0 Å². The first-order chi connectivity index (χ1) is 11.4. The molecule has 0 radical (unpaired) electrons. The zero-order valence-electron chi connectivity index (χ0n) is 12.0. The maximum Gasteiger partial charge on any atom is 0.418 e. The van der Waals surface area contributed by atoms with Crippen LogP contribution in [0, 0.1) is 0 Å². The Morgan fingerprint density at radius 3 is 2.42 bits per heavy atom. The van der Waals surface area contributed by atoms with Crippen molar-refractivity contribution < 1.29 is 22.8 Å². The number of amides is 2. The van der Waals surface area contributed by atoms with E-state index in [0.29, 0.717) is 4.90 Å². The average Bonchev–Trinajstić information content (AvgIpc) is 2.81. The van der Waals surface area contributed by atoms with E-state index in [9.17, 15) is 22.8 Å². The number of aromatic nitrogens is 2. The van der Waals surface area contributed by atoms with Crippen LogP contribution in [-0.2, 0) is 15.8 Å². The molecule has 0 spiro atoms. The molecule has 1 aromatic heterocycles. The van der Waals surface area contributed by atoms with E-state index < -0.39 is 34.5 Å². The highest BCUT2D eigenvalue weighted by Crippen LogP contribution is 2.40. The molecule has 1 aliphatic rings. The lowest BCUT2D eigenvalue weighted by Gasteiger charge is -2.19. The average molecular weight is 353 g/mol. The van der Waals surface area contributed by atoms with Crippen molar-refractivity contribution >= 4 is 29.3 Å². The summed E-state index contributed by atoms with van der Waals surface area (Å²) in [4.78, 5) is 33.1. The highest BCUT2D eigenvalue weighted by atomic mass is 32.2. The van der Waals surface area contributed by atoms with E-state index in [-0.39, 0.29) is 11.6 Å². The highest BCUT2D eigenvalue weighted by Gasteiger charge is 2.44. The van der Waals surface area contributed by atoms with Crippen molar-refractivity contribution in [1.82, 2.24) is 9.97 Å². The fourth-order valence-electron chi connectivity index (χ4n) is 2.33. The van der Waals surface area contributed by atoms with Gasteiger partial charge in [0, 0.05) is 18.8 Å². The second kappa shape index (κ2) is 6.23. The molecule has 124 valence electrons. The van der Waals surface area contributed by atoms with Crippen molar-refractivity contribution in [3.63, 3.8) is 0 Å². The maximum absolute atomic E-state index is 13.1. The van der Waals surface area contributed by atoms with E-state index in [1.807, 2.05) is 0 Å². The predicted octanol–water partition coefficient (Wildman–Crippen LogP) is 2.92. The summed E-state index contributed by atoms with van der Waals surface area (Å²) in [7, 11) is 0. The van der Waals surface area contributed by atoms with Crippen molar-refractivity contribution in [2.24, 2.45) is 0 Å². The van der Waals surface area contributed by atoms with Crippen LogP contribution < -0.4 is 4.90 Å². The lowest BCUT2D eigenvalue weighted by atomic mass is 10.1. The minimum Gasteiger partial charge on any atom is -0.274 e. The number of anilines is 1. The van der Waals surface area contributed by atoms with Gasteiger partial charge in [0.1, 0.15) is 5.25 Å². The van der Waals surface area contributed by atoms with Gasteiger partial charge in [0.05, 0.1) is 11.3 Å². The molecule has 0 saturated carbocycles. The second-order valence-electron chi connectivity index (χ2n) is 4.92. The number of rotatable bonds is 3. The maximum atomic E-state index is 13.1. The Bertz CT molecular complexity index is 783. The number of carbonyl (C=O) groups excluding carboxylic acids is 2. The summed E-state index contributed by atoms with van der Waals surface area (Å²) in [6.45, 7) is 0. The summed E-state index contributed by atoms with van der Waals surface area (Å²) in [6.07, 6.45) is -1.90. The van der Waals surface area contributed by atoms with E-state index in [1.54, 1.807) is 6.07 Å². The Labute approximate surface area is 138 Å². The van der Waals surface area contributed by atoms with Gasteiger partial charge in [-0.3, -0.25) is 9.59 Å². The van der Waals surface area contributed by atoms with Gasteiger partial charge < -0.3 is 0 Å². The Kier molecular flexibility index (Phi) is 4.27. The molecule has 2 amide bonds. The first-order valence-corrected chi connectivity index (χ1v) is 7.72. The number of imide groups is 1. The van der Waals surface area contributed by atoms with Crippen LogP contribution in [-0.4, -0.2) is 27.0 Å². The smallest absolute Gasteiger partial charge is 0.274 e. The Hall–Kier alpha value is -2.42. The third kappa shape index (κ3) is 3.12. The lowest BCUT2D eigenvalue weighted by molar-refractivity contribution is -0.137. The third-order valence-corrected chi connectivity index (χ3v) is 4.42. The molecular formula is C15H10F3N3O2S. The predicted molar refractivity (Wildman–Crippen MR) is 80.2 cm³/mol. The fraction of sp³-hybridized carbons (Fsp3) is 0.200. The van der Waals surface area contributed by atoms with Crippen LogP contribution in [0.3, 0.4) is 0 Å². The molecule has 9 heteroatoms. The van der Waals surface area contributed by atoms with Gasteiger partial charge in [0.15, 0.2) is 5.16 Å². The van der Waals surface area contributed by atoms with Crippen LogP contribution in [0.15, 0.2) is 47.9 Å². The number of benzene rings is 1. The van der Waals surface area contributed by atoms with Gasteiger partial charge in [-0.05, 0) is 18.2 Å². The molecule has 1 saturated heterocycles. The molecule has 2 heterocycles. The molecule has 5 nitrogen and oxygen atoms in total. The monoisotopic (exact) mass is 353 g/mol. The molecule has 2 aromatic rings. The second-order valence-corrected chi connectivity index (χ2v) is 6.09. The molecule has 3 rings (SSSR count). The van der Waals surface area contributed by atoms with Crippen molar-refractivity contribution in [2.45, 2.75) is 23.0 Å². The number of carbonyl (C=O) groups is 2. The summed E-state index contributed by atoms with van der Waals surface area (Å²) in [5.74, 6) is -1.38. The van der Waals surface area contributed by atoms with Gasteiger partial charge in [-0.1, -0.05) is 23.9 Å². The molecule has 0 N–H and O–H groups in total. The quantitative estimate of drug-likeness (QED) is 0.627. The minimum absolute atomic E-state index is 0.200. The number of nitrogens with zero attached hydrogens (tertiary/aromatic N) is 3. The Morgan fingerprint density at radius 1 is 1.08 bits per heavy atom. The van der Waals surface area contributed by atoms with E-state index in [1.165, 1.54) is 24.5 Å². The molecule has 0 bridgehead atoms. The van der Waals surface area contributed by atoms with Crippen molar-refractivity contribution in [3.05, 3.63) is 48.3 Å². The van der Waals surface area contributed by atoms with Crippen LogP contribution in [0.2, 0.25) is 0 Å². The first-order valence-electron chi connectivity index (χ1n) is 6.84. The van der Waals surface area contributed by atoms with Gasteiger partial charge in [-0.15, -0.1) is 0 Å².